The third-order valence-electron chi connectivity index (χ3n) is 6.13. The van der Waals surface area contributed by atoms with Gasteiger partial charge in [-0.05, 0) is 30.4 Å². The average Bonchev–Trinajstić information content (AvgIpc) is 3.47. The van der Waals surface area contributed by atoms with Crippen LogP contribution >= 0.6 is 0 Å². The molecule has 0 aliphatic carbocycles. The molecule has 0 spiro atoms. The summed E-state index contributed by atoms with van der Waals surface area (Å²) in [5, 5.41) is 7.24. The lowest BCUT2D eigenvalue weighted by atomic mass is 9.98. The highest BCUT2D eigenvalue weighted by Crippen LogP contribution is 2.32. The van der Waals surface area contributed by atoms with Crippen molar-refractivity contribution in [3.05, 3.63) is 65.2 Å². The van der Waals surface area contributed by atoms with Gasteiger partial charge in [0, 0.05) is 32.4 Å². The van der Waals surface area contributed by atoms with Gasteiger partial charge in [0.2, 0.25) is 17.8 Å². The van der Waals surface area contributed by atoms with Crippen LogP contribution in [-0.4, -0.2) is 49.6 Å². The lowest BCUT2D eigenvalue weighted by Gasteiger charge is -2.14. The maximum Gasteiger partial charge on any atom is 0.419 e. The largest absolute Gasteiger partial charge is 0.419 e. The Morgan fingerprint density at radius 3 is 2.58 bits per heavy atom. The summed E-state index contributed by atoms with van der Waals surface area (Å²) in [4.78, 5) is 32.7. The first kappa shape index (κ1) is 25.1. The van der Waals surface area contributed by atoms with Crippen molar-refractivity contribution in [1.29, 1.82) is 0 Å². The Hall–Kier alpha value is -3.96. The average molecular weight is 502 g/mol. The van der Waals surface area contributed by atoms with E-state index in [2.05, 4.69) is 20.4 Å². The molecule has 12 heteroatoms. The zero-order valence-corrected chi connectivity index (χ0v) is 19.6. The minimum atomic E-state index is -4.61. The molecule has 3 N–H and O–H groups in total. The van der Waals surface area contributed by atoms with E-state index in [9.17, 15) is 22.8 Å². The SMILES string of the molecule is CC(=O)N1CCC(n2cc(Nc3ncc(C(F)(F)F)c(CCc4ccccc4CC(N)=O)n3)cn2)C1. The number of aromatic nitrogens is 4. The number of likely N-dealkylation sites (tertiary alicyclic amines) is 1. The van der Waals surface area contributed by atoms with Gasteiger partial charge in [-0.15, -0.1) is 0 Å². The first-order valence-corrected chi connectivity index (χ1v) is 11.4. The van der Waals surface area contributed by atoms with E-state index in [1.807, 2.05) is 0 Å². The van der Waals surface area contributed by atoms with Crippen LogP contribution in [0.25, 0.3) is 0 Å². The molecule has 0 bridgehead atoms. The Bertz CT molecular complexity index is 1260. The molecule has 1 aliphatic heterocycles. The first-order valence-electron chi connectivity index (χ1n) is 11.4. The van der Waals surface area contributed by atoms with Gasteiger partial charge in [-0.25, -0.2) is 9.97 Å². The van der Waals surface area contributed by atoms with Crippen molar-refractivity contribution in [2.45, 2.75) is 44.8 Å². The van der Waals surface area contributed by atoms with Crippen molar-refractivity contribution in [3.8, 4) is 0 Å². The molecule has 1 unspecified atom stereocenters. The Kier molecular flexibility index (Phi) is 7.22. The van der Waals surface area contributed by atoms with Crippen LogP contribution in [0.1, 0.15) is 41.8 Å². The van der Waals surface area contributed by atoms with E-state index in [4.69, 9.17) is 5.73 Å². The number of benzene rings is 1. The van der Waals surface area contributed by atoms with Crippen LogP contribution in [0.2, 0.25) is 0 Å². The van der Waals surface area contributed by atoms with E-state index in [0.29, 0.717) is 24.3 Å². The summed E-state index contributed by atoms with van der Waals surface area (Å²) in [5.74, 6) is -0.496. The van der Waals surface area contributed by atoms with Crippen molar-refractivity contribution < 1.29 is 22.8 Å². The quantitative estimate of drug-likeness (QED) is 0.490. The van der Waals surface area contributed by atoms with Crippen LogP contribution in [0.4, 0.5) is 24.8 Å². The van der Waals surface area contributed by atoms with Gasteiger partial charge in [0.05, 0.1) is 35.6 Å². The predicted molar refractivity (Wildman–Crippen MR) is 125 cm³/mol. The molecular formula is C24H26F3N7O2. The van der Waals surface area contributed by atoms with Gasteiger partial charge in [0.1, 0.15) is 0 Å². The second-order valence-electron chi connectivity index (χ2n) is 8.71. The maximum absolute atomic E-state index is 13.6. The highest BCUT2D eigenvalue weighted by Gasteiger charge is 2.35. The summed E-state index contributed by atoms with van der Waals surface area (Å²) < 4.78 is 42.7. The van der Waals surface area contributed by atoms with E-state index < -0.39 is 17.6 Å². The highest BCUT2D eigenvalue weighted by molar-refractivity contribution is 5.77. The molecule has 9 nitrogen and oxygen atoms in total. The fraction of sp³-hybridized carbons (Fsp3) is 0.375. The van der Waals surface area contributed by atoms with Crippen molar-refractivity contribution >= 4 is 23.5 Å². The molecule has 1 fully saturated rings. The molecular weight excluding hydrogens is 475 g/mol. The van der Waals surface area contributed by atoms with Crippen LogP contribution in [0, 0.1) is 0 Å². The molecule has 0 saturated carbocycles. The fourth-order valence-electron chi connectivity index (χ4n) is 4.29. The third-order valence-corrected chi connectivity index (χ3v) is 6.13. The van der Waals surface area contributed by atoms with E-state index >= 15 is 0 Å². The molecule has 1 atom stereocenters. The third kappa shape index (κ3) is 5.99. The lowest BCUT2D eigenvalue weighted by molar-refractivity contribution is -0.138. The molecule has 3 heterocycles. The molecule has 36 heavy (non-hydrogen) atoms. The van der Waals surface area contributed by atoms with Gasteiger partial charge in [-0.2, -0.15) is 18.3 Å². The second-order valence-corrected chi connectivity index (χ2v) is 8.71. The van der Waals surface area contributed by atoms with Gasteiger partial charge in [0.25, 0.3) is 0 Å². The standard InChI is InChI=1S/C24H26F3N7O2/c1-15(35)33-9-8-19(14-33)34-13-18(11-30-34)31-23-29-12-20(24(25,26)27)21(32-23)7-6-16-4-2-3-5-17(16)10-22(28)36/h2-5,11-13,19H,6-10,14H2,1H3,(H2,28,36)(H,29,31,32). The number of hydrogen-bond donors (Lipinski definition) is 2. The van der Waals surface area contributed by atoms with Crippen LogP contribution in [-0.2, 0) is 35.0 Å². The number of nitrogens with two attached hydrogens (primary N) is 1. The number of aryl methyl sites for hydroxylation is 2. The first-order chi connectivity index (χ1) is 17.1. The Labute approximate surface area is 205 Å². The molecule has 1 aliphatic rings. The number of amides is 2. The minimum Gasteiger partial charge on any atom is -0.369 e. The van der Waals surface area contributed by atoms with Crippen molar-refractivity contribution in [2.24, 2.45) is 5.73 Å². The summed E-state index contributed by atoms with van der Waals surface area (Å²) in [6, 6.07) is 7.02. The molecule has 1 saturated heterocycles. The smallest absolute Gasteiger partial charge is 0.369 e. The second kappa shape index (κ2) is 10.3. The Balaban J connectivity index is 1.51. The molecule has 3 aromatic rings. The van der Waals surface area contributed by atoms with E-state index in [1.165, 1.54) is 13.1 Å². The highest BCUT2D eigenvalue weighted by atomic mass is 19.4. The number of anilines is 2. The molecule has 2 aromatic heterocycles. The number of halogens is 3. The number of carbonyl (C=O) groups is 2. The number of carbonyl (C=O) groups excluding carboxylic acids is 2. The maximum atomic E-state index is 13.6. The van der Waals surface area contributed by atoms with Gasteiger partial charge >= 0.3 is 6.18 Å². The van der Waals surface area contributed by atoms with Crippen LogP contribution in [0.3, 0.4) is 0 Å². The summed E-state index contributed by atoms with van der Waals surface area (Å²) in [7, 11) is 0. The molecule has 190 valence electrons. The normalized spacial score (nSPS) is 15.8. The van der Waals surface area contributed by atoms with Crippen molar-refractivity contribution in [1.82, 2.24) is 24.6 Å². The number of nitrogens with one attached hydrogen (secondary N) is 1. The van der Waals surface area contributed by atoms with Gasteiger partial charge in [-0.1, -0.05) is 24.3 Å². The van der Waals surface area contributed by atoms with E-state index in [0.717, 1.165) is 18.2 Å². The lowest BCUT2D eigenvalue weighted by Crippen LogP contribution is -2.26. The molecule has 0 radical (unpaired) electrons. The topological polar surface area (TPSA) is 119 Å². The zero-order chi connectivity index (χ0) is 25.9. The predicted octanol–water partition coefficient (Wildman–Crippen LogP) is 3.04. The summed E-state index contributed by atoms with van der Waals surface area (Å²) >= 11 is 0. The van der Waals surface area contributed by atoms with Gasteiger partial charge in [-0.3, -0.25) is 14.3 Å². The summed E-state index contributed by atoms with van der Waals surface area (Å²) in [6.45, 7) is 2.72. The minimum absolute atomic E-state index is 0.00550. The number of alkyl halides is 3. The monoisotopic (exact) mass is 501 g/mol. The number of nitrogens with zero attached hydrogens (tertiary/aromatic N) is 5. The van der Waals surface area contributed by atoms with E-state index in [-0.39, 0.29) is 42.9 Å². The summed E-state index contributed by atoms with van der Waals surface area (Å²) in [6.07, 6.45) is 0.418. The Morgan fingerprint density at radius 1 is 1.17 bits per heavy atom. The summed E-state index contributed by atoms with van der Waals surface area (Å²) in [5.41, 5.74) is 6.16. The van der Waals surface area contributed by atoms with Crippen molar-refractivity contribution in [3.63, 3.8) is 0 Å². The van der Waals surface area contributed by atoms with Gasteiger partial charge < -0.3 is 16.0 Å². The van der Waals surface area contributed by atoms with Crippen LogP contribution < -0.4 is 11.1 Å². The van der Waals surface area contributed by atoms with Gasteiger partial charge in [0.15, 0.2) is 0 Å². The van der Waals surface area contributed by atoms with Crippen LogP contribution in [0.15, 0.2) is 42.9 Å². The van der Waals surface area contributed by atoms with Crippen LogP contribution in [0.5, 0.6) is 0 Å². The fourth-order valence-corrected chi connectivity index (χ4v) is 4.29. The molecule has 4 rings (SSSR count). The van der Waals surface area contributed by atoms with Crippen molar-refractivity contribution in [2.75, 3.05) is 18.4 Å². The number of primary amides is 1. The molecule has 2 amide bonds. The zero-order valence-electron chi connectivity index (χ0n) is 19.6. The Morgan fingerprint density at radius 2 is 1.92 bits per heavy atom. The van der Waals surface area contributed by atoms with E-state index in [1.54, 1.807) is 40.0 Å². The number of hydrogen-bond acceptors (Lipinski definition) is 6. The number of rotatable bonds is 8. The molecule has 1 aromatic carbocycles.